The summed E-state index contributed by atoms with van der Waals surface area (Å²) >= 11 is 0. The number of para-hydroxylation sites is 1. The maximum Gasteiger partial charge on any atom is 0.247 e. The van der Waals surface area contributed by atoms with Gasteiger partial charge in [-0.25, -0.2) is 0 Å². The van der Waals surface area contributed by atoms with Crippen molar-refractivity contribution < 1.29 is 9.59 Å². The van der Waals surface area contributed by atoms with E-state index in [0.717, 1.165) is 44.6 Å². The minimum absolute atomic E-state index is 0.119. The molecule has 0 aromatic heterocycles. The Morgan fingerprint density at radius 1 is 1.03 bits per heavy atom. The Balaban J connectivity index is 1.10. The molecular weight excluding hydrogens is 388 g/mol. The largest absolute Gasteiger partial charge is 0.355 e. The van der Waals surface area contributed by atoms with Crippen LogP contribution in [0.1, 0.15) is 30.7 Å². The molecule has 2 amide bonds. The molecule has 1 saturated carbocycles. The summed E-state index contributed by atoms with van der Waals surface area (Å²) in [6.07, 6.45) is 2.56. The fourth-order valence-corrected chi connectivity index (χ4v) is 5.20. The van der Waals surface area contributed by atoms with Gasteiger partial charge in [-0.2, -0.15) is 0 Å². The number of nitrogens with zero attached hydrogens (tertiary/aromatic N) is 2. The molecule has 5 rings (SSSR count). The Labute approximate surface area is 183 Å². The standard InChI is InChI=1S/C25H30N4O2/c30-23(22-17-21(22)19-7-3-1-4-8-19)26-13-16-28-14-11-25(12-15-28)24(31)27-18-29(25)20-9-5-2-6-10-20/h1-10,21-22H,11-18H2,(H,26,30)(H,27,31)/t21-,22+/m1/s1. The van der Waals surface area contributed by atoms with Crippen LogP contribution in [0, 0.1) is 5.92 Å². The van der Waals surface area contributed by atoms with Crippen LogP contribution in [0.15, 0.2) is 60.7 Å². The van der Waals surface area contributed by atoms with Crippen LogP contribution in [0.3, 0.4) is 0 Å². The summed E-state index contributed by atoms with van der Waals surface area (Å²) < 4.78 is 0. The molecule has 0 radical (unpaired) electrons. The monoisotopic (exact) mass is 418 g/mol. The summed E-state index contributed by atoms with van der Waals surface area (Å²) in [5, 5.41) is 6.18. The average Bonchev–Trinajstić information content (AvgIpc) is 3.56. The smallest absolute Gasteiger partial charge is 0.247 e. The van der Waals surface area contributed by atoms with E-state index in [1.54, 1.807) is 0 Å². The second-order valence-corrected chi connectivity index (χ2v) is 8.95. The zero-order chi connectivity index (χ0) is 21.3. The second kappa shape index (κ2) is 8.35. The van der Waals surface area contributed by atoms with E-state index in [1.165, 1.54) is 5.56 Å². The third-order valence-corrected chi connectivity index (χ3v) is 7.17. The van der Waals surface area contributed by atoms with Crippen molar-refractivity contribution >= 4 is 17.5 Å². The predicted molar refractivity (Wildman–Crippen MR) is 121 cm³/mol. The van der Waals surface area contributed by atoms with Gasteiger partial charge in [0.25, 0.3) is 0 Å². The summed E-state index contributed by atoms with van der Waals surface area (Å²) in [6.45, 7) is 3.80. The molecule has 0 unspecified atom stereocenters. The minimum atomic E-state index is -0.446. The van der Waals surface area contributed by atoms with Gasteiger partial charge in [-0.05, 0) is 42.9 Å². The van der Waals surface area contributed by atoms with E-state index >= 15 is 0 Å². The van der Waals surface area contributed by atoms with Crippen LogP contribution in [0.5, 0.6) is 0 Å². The number of likely N-dealkylation sites (tertiary alicyclic amines) is 1. The maximum atomic E-state index is 12.7. The van der Waals surface area contributed by atoms with Gasteiger partial charge < -0.3 is 20.4 Å². The van der Waals surface area contributed by atoms with Crippen molar-refractivity contribution in [1.29, 1.82) is 0 Å². The van der Waals surface area contributed by atoms with Crippen molar-refractivity contribution in [3.8, 4) is 0 Å². The molecule has 2 atom stereocenters. The summed E-state index contributed by atoms with van der Waals surface area (Å²) in [5.74, 6) is 0.812. The molecule has 2 aromatic rings. The molecule has 2 N–H and O–H groups in total. The third-order valence-electron chi connectivity index (χ3n) is 7.17. The van der Waals surface area contributed by atoms with E-state index in [1.807, 2.05) is 36.4 Å². The Morgan fingerprint density at radius 3 is 2.42 bits per heavy atom. The highest BCUT2D eigenvalue weighted by Crippen LogP contribution is 2.47. The van der Waals surface area contributed by atoms with Crippen LogP contribution in [0.2, 0.25) is 0 Å². The zero-order valence-corrected chi connectivity index (χ0v) is 17.8. The lowest BCUT2D eigenvalue weighted by atomic mass is 9.85. The van der Waals surface area contributed by atoms with E-state index in [0.29, 0.717) is 19.1 Å². The molecule has 2 aromatic carbocycles. The van der Waals surface area contributed by atoms with Gasteiger partial charge >= 0.3 is 0 Å². The molecule has 31 heavy (non-hydrogen) atoms. The lowest BCUT2D eigenvalue weighted by molar-refractivity contribution is -0.125. The molecule has 6 nitrogen and oxygen atoms in total. The number of hydrogen-bond donors (Lipinski definition) is 2. The molecule has 1 spiro atoms. The molecule has 6 heteroatoms. The van der Waals surface area contributed by atoms with Crippen molar-refractivity contribution in [1.82, 2.24) is 15.5 Å². The Hall–Kier alpha value is -2.86. The minimum Gasteiger partial charge on any atom is -0.355 e. The van der Waals surface area contributed by atoms with Crippen LogP contribution < -0.4 is 15.5 Å². The highest BCUT2D eigenvalue weighted by Gasteiger charge is 2.50. The lowest BCUT2D eigenvalue weighted by Gasteiger charge is -2.43. The van der Waals surface area contributed by atoms with Gasteiger partial charge in [0, 0.05) is 37.8 Å². The molecule has 0 bridgehead atoms. The number of carbonyl (C=O) groups is 2. The van der Waals surface area contributed by atoms with E-state index in [2.05, 4.69) is 44.7 Å². The first-order valence-electron chi connectivity index (χ1n) is 11.3. The normalized spacial score (nSPS) is 24.8. The van der Waals surface area contributed by atoms with Crippen LogP contribution in [-0.2, 0) is 9.59 Å². The molecular formula is C25H30N4O2. The summed E-state index contributed by atoms with van der Waals surface area (Å²) in [4.78, 5) is 29.8. The van der Waals surface area contributed by atoms with E-state index in [9.17, 15) is 9.59 Å². The zero-order valence-electron chi connectivity index (χ0n) is 17.8. The first-order chi connectivity index (χ1) is 15.2. The van der Waals surface area contributed by atoms with Crippen molar-refractivity contribution in [2.45, 2.75) is 30.7 Å². The number of hydrogen-bond acceptors (Lipinski definition) is 4. The lowest BCUT2D eigenvalue weighted by Crippen LogP contribution is -2.57. The van der Waals surface area contributed by atoms with Gasteiger partial charge in [-0.1, -0.05) is 48.5 Å². The Bertz CT molecular complexity index is 925. The van der Waals surface area contributed by atoms with Gasteiger partial charge in [0.1, 0.15) is 5.54 Å². The first-order valence-corrected chi connectivity index (χ1v) is 11.3. The quantitative estimate of drug-likeness (QED) is 0.756. The maximum absolute atomic E-state index is 12.7. The van der Waals surface area contributed by atoms with Gasteiger partial charge in [0.2, 0.25) is 11.8 Å². The van der Waals surface area contributed by atoms with Crippen LogP contribution >= 0.6 is 0 Å². The molecule has 1 aliphatic carbocycles. The van der Waals surface area contributed by atoms with Crippen LogP contribution in [0.4, 0.5) is 5.69 Å². The number of nitrogens with one attached hydrogen (secondary N) is 2. The van der Waals surface area contributed by atoms with Crippen molar-refractivity contribution in [2.24, 2.45) is 5.92 Å². The van der Waals surface area contributed by atoms with Crippen molar-refractivity contribution in [3.05, 3.63) is 66.2 Å². The Morgan fingerprint density at radius 2 is 1.71 bits per heavy atom. The third kappa shape index (κ3) is 3.92. The summed E-state index contributed by atoms with van der Waals surface area (Å²) in [5.41, 5.74) is 1.92. The highest BCUT2D eigenvalue weighted by molar-refractivity contribution is 5.93. The van der Waals surface area contributed by atoms with Gasteiger partial charge in [0.05, 0.1) is 6.67 Å². The molecule has 2 aliphatic heterocycles. The number of carbonyl (C=O) groups excluding carboxylic acids is 2. The molecule has 162 valence electrons. The number of piperidine rings is 1. The predicted octanol–water partition coefficient (Wildman–Crippen LogP) is 2.33. The Kier molecular flexibility index (Phi) is 5.40. The number of amides is 2. The van der Waals surface area contributed by atoms with Crippen molar-refractivity contribution in [3.63, 3.8) is 0 Å². The average molecular weight is 419 g/mol. The summed E-state index contributed by atoms with van der Waals surface area (Å²) in [6, 6.07) is 20.5. The van der Waals surface area contributed by atoms with E-state index in [4.69, 9.17) is 0 Å². The first kappa shape index (κ1) is 20.1. The van der Waals surface area contributed by atoms with Crippen LogP contribution in [-0.4, -0.2) is 55.1 Å². The van der Waals surface area contributed by atoms with Crippen molar-refractivity contribution in [2.75, 3.05) is 37.7 Å². The van der Waals surface area contributed by atoms with E-state index < -0.39 is 5.54 Å². The second-order valence-electron chi connectivity index (χ2n) is 8.95. The van der Waals surface area contributed by atoms with Gasteiger partial charge in [-0.15, -0.1) is 0 Å². The molecule has 3 aliphatic rings. The van der Waals surface area contributed by atoms with Crippen LogP contribution in [0.25, 0.3) is 0 Å². The number of benzene rings is 2. The summed E-state index contributed by atoms with van der Waals surface area (Å²) in [7, 11) is 0. The molecule has 3 fully saturated rings. The van der Waals surface area contributed by atoms with Gasteiger partial charge in [-0.3, -0.25) is 9.59 Å². The SMILES string of the molecule is O=C(NCCN1CCC2(CC1)C(=O)NCN2c1ccccc1)[C@H]1C[C@@H]1c1ccccc1. The molecule has 2 saturated heterocycles. The van der Waals surface area contributed by atoms with E-state index in [-0.39, 0.29) is 17.7 Å². The molecule has 2 heterocycles. The highest BCUT2D eigenvalue weighted by atomic mass is 16.2. The number of anilines is 1. The number of rotatable bonds is 6. The fraction of sp³-hybridized carbons (Fsp3) is 0.440. The van der Waals surface area contributed by atoms with Gasteiger partial charge in [0.15, 0.2) is 0 Å². The topological polar surface area (TPSA) is 64.7 Å². The fourth-order valence-electron chi connectivity index (χ4n) is 5.20.